The molecule has 1 aliphatic heterocycles. The average molecular weight is 193 g/mol. The molecule has 1 fully saturated rings. The smallest absolute Gasteiger partial charge is 0.414 e. The van der Waals surface area contributed by atoms with E-state index in [0.29, 0.717) is 12.5 Å². The minimum atomic E-state index is -0.198. The van der Waals surface area contributed by atoms with E-state index in [0.717, 1.165) is 25.1 Å². The molecule has 0 aromatic heterocycles. The van der Waals surface area contributed by atoms with Crippen LogP contribution in [0.3, 0.4) is 0 Å². The van der Waals surface area contributed by atoms with Gasteiger partial charge in [-0.25, -0.2) is 4.79 Å². The first kappa shape index (κ1) is 9.31. The summed E-state index contributed by atoms with van der Waals surface area (Å²) in [4.78, 5) is 13.3. The van der Waals surface area contributed by atoms with Gasteiger partial charge in [-0.2, -0.15) is 0 Å². The Bertz CT molecular complexity index is 294. The highest BCUT2D eigenvalue weighted by Gasteiger charge is 2.32. The molecule has 1 aliphatic carbocycles. The fourth-order valence-electron chi connectivity index (χ4n) is 2.05. The molecule has 14 heavy (non-hydrogen) atoms. The molecule has 0 bridgehead atoms. The van der Waals surface area contributed by atoms with Crippen molar-refractivity contribution in [2.45, 2.75) is 19.8 Å². The van der Waals surface area contributed by atoms with Crippen molar-refractivity contribution >= 4 is 6.09 Å². The van der Waals surface area contributed by atoms with Crippen LogP contribution in [0.15, 0.2) is 23.9 Å². The van der Waals surface area contributed by atoms with Gasteiger partial charge < -0.3 is 4.74 Å². The van der Waals surface area contributed by atoms with Crippen molar-refractivity contribution in [1.29, 1.82) is 0 Å². The number of rotatable bonds is 1. The third-order valence-corrected chi connectivity index (χ3v) is 2.74. The van der Waals surface area contributed by atoms with Crippen LogP contribution in [0.5, 0.6) is 0 Å². The first-order chi connectivity index (χ1) is 6.83. The van der Waals surface area contributed by atoms with Crippen LogP contribution in [0.2, 0.25) is 0 Å². The molecule has 2 aliphatic rings. The predicted molar refractivity (Wildman–Crippen MR) is 53.7 cm³/mol. The highest BCUT2D eigenvalue weighted by molar-refractivity contribution is 5.71. The van der Waals surface area contributed by atoms with Crippen LogP contribution < -0.4 is 0 Å². The molecule has 1 heterocycles. The third-order valence-electron chi connectivity index (χ3n) is 2.74. The van der Waals surface area contributed by atoms with Crippen molar-refractivity contribution < 1.29 is 9.53 Å². The molecule has 0 aromatic rings. The normalized spacial score (nSPS) is 24.5. The molecule has 0 N–H and O–H groups in total. The standard InChI is InChI=1S/C11H15NO2/c1-2-14-11(13)12-8-7-9-5-3-4-6-10(9)12/h3-4,6,9H,2,5,7-8H2,1H3. The summed E-state index contributed by atoms with van der Waals surface area (Å²) in [5.74, 6) is 0.532. The fraction of sp³-hybridized carbons (Fsp3) is 0.545. The summed E-state index contributed by atoms with van der Waals surface area (Å²) in [6.45, 7) is 3.08. The zero-order chi connectivity index (χ0) is 9.97. The summed E-state index contributed by atoms with van der Waals surface area (Å²) in [7, 11) is 0. The van der Waals surface area contributed by atoms with Crippen molar-refractivity contribution in [3.05, 3.63) is 23.9 Å². The number of allylic oxidation sites excluding steroid dienone is 4. The second-order valence-corrected chi connectivity index (χ2v) is 3.59. The van der Waals surface area contributed by atoms with Crippen LogP contribution in [0.25, 0.3) is 0 Å². The third kappa shape index (κ3) is 1.54. The molecule has 76 valence electrons. The summed E-state index contributed by atoms with van der Waals surface area (Å²) in [5.41, 5.74) is 1.13. The number of hydrogen-bond donors (Lipinski definition) is 0. The molecule has 0 saturated carbocycles. The Kier molecular flexibility index (Phi) is 2.57. The van der Waals surface area contributed by atoms with Gasteiger partial charge in [0.15, 0.2) is 0 Å². The van der Waals surface area contributed by atoms with Crippen LogP contribution >= 0.6 is 0 Å². The van der Waals surface area contributed by atoms with E-state index in [1.54, 1.807) is 4.90 Å². The molecular formula is C11H15NO2. The van der Waals surface area contributed by atoms with Crippen molar-refractivity contribution in [1.82, 2.24) is 4.90 Å². The van der Waals surface area contributed by atoms with E-state index >= 15 is 0 Å². The van der Waals surface area contributed by atoms with Gasteiger partial charge in [0.25, 0.3) is 0 Å². The number of carbonyl (C=O) groups excluding carboxylic acids is 1. The van der Waals surface area contributed by atoms with Crippen LogP contribution in [0.1, 0.15) is 19.8 Å². The van der Waals surface area contributed by atoms with Gasteiger partial charge >= 0.3 is 6.09 Å². The topological polar surface area (TPSA) is 29.5 Å². The lowest BCUT2D eigenvalue weighted by molar-refractivity contribution is 0.122. The number of carbonyl (C=O) groups is 1. The minimum absolute atomic E-state index is 0.198. The average Bonchev–Trinajstić information content (AvgIpc) is 2.61. The van der Waals surface area contributed by atoms with E-state index in [4.69, 9.17) is 4.74 Å². The molecule has 3 nitrogen and oxygen atoms in total. The van der Waals surface area contributed by atoms with Crippen LogP contribution in [0.4, 0.5) is 4.79 Å². The number of hydrogen-bond acceptors (Lipinski definition) is 2. The summed E-state index contributed by atoms with van der Waals surface area (Å²) in [6, 6.07) is 0. The molecule has 1 atom stereocenters. The number of amides is 1. The number of likely N-dealkylation sites (tertiary alicyclic amines) is 1. The van der Waals surface area contributed by atoms with Gasteiger partial charge in [-0.05, 0) is 25.8 Å². The van der Waals surface area contributed by atoms with E-state index in [1.165, 1.54) is 0 Å². The lowest BCUT2D eigenvalue weighted by atomic mass is 9.97. The minimum Gasteiger partial charge on any atom is -0.449 e. The maximum atomic E-state index is 11.5. The molecule has 2 rings (SSSR count). The summed E-state index contributed by atoms with van der Waals surface area (Å²) < 4.78 is 5.00. The Hall–Kier alpha value is -1.25. The maximum absolute atomic E-state index is 11.5. The van der Waals surface area contributed by atoms with Crippen LogP contribution in [0, 0.1) is 5.92 Å². The van der Waals surface area contributed by atoms with Crippen LogP contribution in [-0.2, 0) is 4.74 Å². The van der Waals surface area contributed by atoms with Gasteiger partial charge in [-0.15, -0.1) is 0 Å². The predicted octanol–water partition coefficient (Wildman–Crippen LogP) is 2.31. The molecule has 3 heteroatoms. The molecule has 0 spiro atoms. The van der Waals surface area contributed by atoms with Gasteiger partial charge in [0.2, 0.25) is 0 Å². The maximum Gasteiger partial charge on any atom is 0.414 e. The molecule has 0 radical (unpaired) electrons. The first-order valence-electron chi connectivity index (χ1n) is 5.14. The van der Waals surface area contributed by atoms with Gasteiger partial charge in [0, 0.05) is 18.2 Å². The monoisotopic (exact) mass is 193 g/mol. The second-order valence-electron chi connectivity index (χ2n) is 3.59. The highest BCUT2D eigenvalue weighted by Crippen LogP contribution is 2.33. The van der Waals surface area contributed by atoms with E-state index in [-0.39, 0.29) is 6.09 Å². The zero-order valence-electron chi connectivity index (χ0n) is 8.40. The van der Waals surface area contributed by atoms with Gasteiger partial charge in [0.05, 0.1) is 6.61 Å². The van der Waals surface area contributed by atoms with Crippen molar-refractivity contribution in [2.75, 3.05) is 13.2 Å². The zero-order valence-corrected chi connectivity index (χ0v) is 8.40. The lowest BCUT2D eigenvalue weighted by Gasteiger charge is -2.20. The van der Waals surface area contributed by atoms with Gasteiger partial charge in [-0.1, -0.05) is 12.2 Å². The molecule has 0 aromatic carbocycles. The summed E-state index contributed by atoms with van der Waals surface area (Å²) in [6.07, 6.45) is 8.12. The fourth-order valence-corrected chi connectivity index (χ4v) is 2.05. The first-order valence-corrected chi connectivity index (χ1v) is 5.14. The largest absolute Gasteiger partial charge is 0.449 e. The summed E-state index contributed by atoms with van der Waals surface area (Å²) >= 11 is 0. The summed E-state index contributed by atoms with van der Waals surface area (Å²) in [5, 5.41) is 0. The Labute approximate surface area is 84.0 Å². The number of nitrogens with zero attached hydrogens (tertiary/aromatic N) is 1. The lowest BCUT2D eigenvalue weighted by Crippen LogP contribution is -2.28. The molecule has 1 amide bonds. The Morgan fingerprint density at radius 3 is 3.36 bits per heavy atom. The number of ether oxygens (including phenoxy) is 1. The highest BCUT2D eigenvalue weighted by atomic mass is 16.6. The Balaban J connectivity index is 2.10. The van der Waals surface area contributed by atoms with Gasteiger partial charge in [0.1, 0.15) is 0 Å². The quantitative estimate of drug-likeness (QED) is 0.639. The molecule has 1 unspecified atom stereocenters. The number of fused-ring (bicyclic) bond motifs is 1. The Morgan fingerprint density at radius 2 is 2.57 bits per heavy atom. The Morgan fingerprint density at radius 1 is 1.71 bits per heavy atom. The second kappa shape index (κ2) is 3.86. The van der Waals surface area contributed by atoms with Gasteiger partial charge in [-0.3, -0.25) is 4.90 Å². The van der Waals surface area contributed by atoms with Crippen molar-refractivity contribution in [3.63, 3.8) is 0 Å². The van der Waals surface area contributed by atoms with Crippen molar-refractivity contribution in [3.8, 4) is 0 Å². The van der Waals surface area contributed by atoms with E-state index < -0.39 is 0 Å². The molecular weight excluding hydrogens is 178 g/mol. The van der Waals surface area contributed by atoms with E-state index in [2.05, 4.69) is 6.08 Å². The SMILES string of the molecule is CCOC(=O)N1CCC2CC=CC=C21. The van der Waals surface area contributed by atoms with E-state index in [1.807, 2.05) is 19.1 Å². The molecule has 1 saturated heterocycles. The van der Waals surface area contributed by atoms with Crippen LogP contribution in [-0.4, -0.2) is 24.1 Å². The van der Waals surface area contributed by atoms with Crippen molar-refractivity contribution in [2.24, 2.45) is 5.92 Å². The van der Waals surface area contributed by atoms with E-state index in [9.17, 15) is 4.79 Å².